The number of benzene rings is 1. The van der Waals surface area contributed by atoms with E-state index in [1.165, 1.54) is 12.8 Å². The highest BCUT2D eigenvalue weighted by Crippen LogP contribution is 2.32. The van der Waals surface area contributed by atoms with Gasteiger partial charge in [-0.05, 0) is 44.0 Å². The second kappa shape index (κ2) is 8.59. The van der Waals surface area contributed by atoms with Crippen LogP contribution in [0.2, 0.25) is 0 Å². The van der Waals surface area contributed by atoms with E-state index in [1.807, 2.05) is 0 Å². The highest BCUT2D eigenvalue weighted by Gasteiger charge is 2.29. The molecule has 1 unspecified atom stereocenters. The summed E-state index contributed by atoms with van der Waals surface area (Å²) in [5, 5.41) is 0. The quantitative estimate of drug-likeness (QED) is 0.749. The number of sulfonamides is 1. The summed E-state index contributed by atoms with van der Waals surface area (Å²) in [6.07, 6.45) is 4.52. The Morgan fingerprint density at radius 3 is 2.38 bits per heavy atom. The van der Waals surface area contributed by atoms with Gasteiger partial charge in [0.25, 0.3) is 0 Å². The van der Waals surface area contributed by atoms with Gasteiger partial charge in [0.15, 0.2) is 11.5 Å². The minimum absolute atomic E-state index is 0.228. The third-order valence-electron chi connectivity index (χ3n) is 5.51. The molecule has 0 radical (unpaired) electrons. The molecular weight excluding hydrogens is 352 g/mol. The van der Waals surface area contributed by atoms with E-state index >= 15 is 0 Å². The van der Waals surface area contributed by atoms with Crippen LogP contribution in [-0.2, 0) is 10.0 Å². The summed E-state index contributed by atoms with van der Waals surface area (Å²) in [5.41, 5.74) is 0. The Morgan fingerprint density at radius 1 is 1.08 bits per heavy atom. The molecule has 0 bridgehead atoms. The molecule has 3 rings (SSSR count). The van der Waals surface area contributed by atoms with Crippen molar-refractivity contribution in [2.45, 2.75) is 50.5 Å². The molecule has 0 amide bonds. The van der Waals surface area contributed by atoms with Crippen LogP contribution in [0.5, 0.6) is 11.5 Å². The summed E-state index contributed by atoms with van der Waals surface area (Å²) in [7, 11) is -3.58. The monoisotopic (exact) mass is 382 g/mol. The number of likely N-dealkylation sites (tertiary alicyclic amines) is 1. The molecule has 1 aromatic carbocycles. The van der Waals surface area contributed by atoms with E-state index in [0.29, 0.717) is 37.2 Å². The molecule has 1 aromatic rings. The Kier molecular flexibility index (Phi) is 6.42. The fourth-order valence-electron chi connectivity index (χ4n) is 3.97. The summed E-state index contributed by atoms with van der Waals surface area (Å²) in [4.78, 5) is 2.68. The number of fused-ring (bicyclic) bond motifs is 1. The van der Waals surface area contributed by atoms with Crippen molar-refractivity contribution in [2.75, 3.05) is 32.8 Å². The minimum atomic E-state index is -3.58. The van der Waals surface area contributed by atoms with Crippen LogP contribution in [-0.4, -0.2) is 52.2 Å². The minimum Gasteiger partial charge on any atom is -0.486 e. The van der Waals surface area contributed by atoms with Crippen molar-refractivity contribution in [3.8, 4) is 11.5 Å². The number of nitrogens with one attached hydrogen (secondary N) is 1. The molecule has 0 aliphatic carbocycles. The topological polar surface area (TPSA) is 67.9 Å². The van der Waals surface area contributed by atoms with Crippen molar-refractivity contribution >= 4 is 10.0 Å². The van der Waals surface area contributed by atoms with Gasteiger partial charge >= 0.3 is 0 Å². The van der Waals surface area contributed by atoms with Gasteiger partial charge in [0.2, 0.25) is 10.0 Å². The first-order valence-electron chi connectivity index (χ1n) is 9.68. The fraction of sp³-hybridized carbons (Fsp3) is 0.684. The number of nitrogens with zero attached hydrogens (tertiary/aromatic N) is 1. The summed E-state index contributed by atoms with van der Waals surface area (Å²) < 4.78 is 39.4. The van der Waals surface area contributed by atoms with Crippen LogP contribution in [0.15, 0.2) is 23.1 Å². The van der Waals surface area contributed by atoms with Crippen molar-refractivity contribution in [3.05, 3.63) is 18.2 Å². The van der Waals surface area contributed by atoms with E-state index in [4.69, 9.17) is 9.47 Å². The van der Waals surface area contributed by atoms with E-state index in [-0.39, 0.29) is 10.9 Å². The van der Waals surface area contributed by atoms with Gasteiger partial charge in [0, 0.05) is 18.7 Å². The fourth-order valence-corrected chi connectivity index (χ4v) is 5.04. The lowest BCUT2D eigenvalue weighted by Crippen LogP contribution is -2.46. The van der Waals surface area contributed by atoms with Crippen molar-refractivity contribution in [1.82, 2.24) is 9.62 Å². The van der Waals surface area contributed by atoms with Crippen LogP contribution >= 0.6 is 0 Å². The predicted molar refractivity (Wildman–Crippen MR) is 101 cm³/mol. The largest absolute Gasteiger partial charge is 0.486 e. The first kappa shape index (κ1) is 19.5. The van der Waals surface area contributed by atoms with Crippen LogP contribution in [0.25, 0.3) is 0 Å². The molecule has 7 heteroatoms. The number of ether oxygens (including phenoxy) is 2. The normalized spacial score (nSPS) is 19.0. The SMILES string of the molecule is CCC(CC)C(CNS(=O)(=O)c1ccc2c(c1)OCCO2)N1CCCC1. The van der Waals surface area contributed by atoms with Crippen LogP contribution in [0.4, 0.5) is 0 Å². The molecule has 1 atom stereocenters. The van der Waals surface area contributed by atoms with Gasteiger partial charge in [0.1, 0.15) is 13.2 Å². The lowest BCUT2D eigenvalue weighted by atomic mass is 9.93. The van der Waals surface area contributed by atoms with Gasteiger partial charge in [0.05, 0.1) is 4.90 Å². The molecule has 0 spiro atoms. The standard InChI is InChI=1S/C19H30N2O4S/c1-3-15(4-2)17(21-9-5-6-10-21)14-20-26(22,23)16-7-8-18-19(13-16)25-12-11-24-18/h7-8,13,15,17,20H,3-6,9-12,14H2,1-2H3. The molecule has 1 saturated heterocycles. The molecule has 146 valence electrons. The van der Waals surface area contributed by atoms with Crippen LogP contribution in [0, 0.1) is 5.92 Å². The first-order chi connectivity index (χ1) is 12.5. The van der Waals surface area contributed by atoms with Crippen molar-refractivity contribution in [1.29, 1.82) is 0 Å². The third-order valence-corrected chi connectivity index (χ3v) is 6.93. The Hall–Kier alpha value is -1.31. The van der Waals surface area contributed by atoms with Crippen LogP contribution in [0.3, 0.4) is 0 Å². The molecule has 26 heavy (non-hydrogen) atoms. The molecule has 1 N–H and O–H groups in total. The number of hydrogen-bond acceptors (Lipinski definition) is 5. The molecule has 1 fully saturated rings. The molecule has 2 heterocycles. The Bertz CT molecular complexity index is 695. The van der Waals surface area contributed by atoms with E-state index in [0.717, 1.165) is 25.9 Å². The second-order valence-electron chi connectivity index (χ2n) is 7.04. The molecule has 2 aliphatic heterocycles. The zero-order chi connectivity index (χ0) is 18.6. The Morgan fingerprint density at radius 2 is 1.73 bits per heavy atom. The maximum Gasteiger partial charge on any atom is 0.240 e. The van der Waals surface area contributed by atoms with E-state index < -0.39 is 10.0 Å². The molecule has 2 aliphatic rings. The van der Waals surface area contributed by atoms with Gasteiger partial charge in [-0.1, -0.05) is 26.7 Å². The van der Waals surface area contributed by atoms with Gasteiger partial charge in [-0.25, -0.2) is 13.1 Å². The average molecular weight is 383 g/mol. The highest BCUT2D eigenvalue weighted by molar-refractivity contribution is 7.89. The van der Waals surface area contributed by atoms with Crippen molar-refractivity contribution in [2.24, 2.45) is 5.92 Å². The summed E-state index contributed by atoms with van der Waals surface area (Å²) in [5.74, 6) is 1.59. The first-order valence-corrected chi connectivity index (χ1v) is 11.2. The molecular formula is C19H30N2O4S. The average Bonchev–Trinajstić information content (AvgIpc) is 3.19. The van der Waals surface area contributed by atoms with Gasteiger partial charge < -0.3 is 9.47 Å². The van der Waals surface area contributed by atoms with Gasteiger partial charge in [-0.2, -0.15) is 0 Å². The smallest absolute Gasteiger partial charge is 0.240 e. The second-order valence-corrected chi connectivity index (χ2v) is 8.81. The summed E-state index contributed by atoms with van der Waals surface area (Å²) in [6, 6.07) is 5.05. The molecule has 0 aromatic heterocycles. The number of hydrogen-bond donors (Lipinski definition) is 1. The van der Waals surface area contributed by atoms with E-state index in [1.54, 1.807) is 18.2 Å². The van der Waals surface area contributed by atoms with Crippen molar-refractivity contribution < 1.29 is 17.9 Å². The molecule has 6 nitrogen and oxygen atoms in total. The lowest BCUT2D eigenvalue weighted by molar-refractivity contribution is 0.167. The maximum absolute atomic E-state index is 12.8. The Labute approximate surface area is 156 Å². The van der Waals surface area contributed by atoms with Crippen LogP contribution in [0.1, 0.15) is 39.5 Å². The zero-order valence-electron chi connectivity index (χ0n) is 15.7. The van der Waals surface area contributed by atoms with Crippen molar-refractivity contribution in [3.63, 3.8) is 0 Å². The highest BCUT2D eigenvalue weighted by atomic mass is 32.2. The number of rotatable bonds is 8. The maximum atomic E-state index is 12.8. The van der Waals surface area contributed by atoms with Crippen LogP contribution < -0.4 is 14.2 Å². The Balaban J connectivity index is 1.73. The summed E-state index contributed by atoms with van der Waals surface area (Å²) >= 11 is 0. The zero-order valence-corrected chi connectivity index (χ0v) is 16.6. The van der Waals surface area contributed by atoms with Gasteiger partial charge in [-0.15, -0.1) is 0 Å². The molecule has 0 saturated carbocycles. The predicted octanol–water partition coefficient (Wildman–Crippen LogP) is 2.64. The van der Waals surface area contributed by atoms with Gasteiger partial charge in [-0.3, -0.25) is 4.90 Å². The third kappa shape index (κ3) is 4.32. The van der Waals surface area contributed by atoms with E-state index in [2.05, 4.69) is 23.5 Å². The lowest BCUT2D eigenvalue weighted by Gasteiger charge is -2.33. The summed E-state index contributed by atoms with van der Waals surface area (Å²) in [6.45, 7) is 7.88. The van der Waals surface area contributed by atoms with E-state index in [9.17, 15) is 8.42 Å².